The summed E-state index contributed by atoms with van der Waals surface area (Å²) in [5, 5.41) is 2.74. The minimum atomic E-state index is -2.90. The van der Waals surface area contributed by atoms with E-state index in [9.17, 15) is 22.8 Å². The van der Waals surface area contributed by atoms with Crippen LogP contribution in [-0.4, -0.2) is 46.2 Å². The van der Waals surface area contributed by atoms with Crippen molar-refractivity contribution in [3.63, 3.8) is 0 Å². The Morgan fingerprint density at radius 2 is 1.78 bits per heavy atom. The number of nitrogens with zero attached hydrogens (tertiary/aromatic N) is 3. The molecule has 1 aromatic carbocycles. The number of hydrogen-bond acceptors (Lipinski definition) is 5. The summed E-state index contributed by atoms with van der Waals surface area (Å²) < 4.78 is 43.2. The molecule has 0 aliphatic heterocycles. The zero-order valence-electron chi connectivity index (χ0n) is 17.3. The molecule has 172 valence electrons. The number of amides is 2. The molecule has 2 amide bonds. The van der Waals surface area contributed by atoms with Crippen LogP contribution in [0.1, 0.15) is 30.9 Å². The van der Waals surface area contributed by atoms with Gasteiger partial charge in [-0.3, -0.25) is 14.5 Å². The van der Waals surface area contributed by atoms with Gasteiger partial charge in [0, 0.05) is 29.7 Å². The fourth-order valence-corrected chi connectivity index (χ4v) is 3.67. The summed E-state index contributed by atoms with van der Waals surface area (Å²) in [5.41, 5.74) is -2.87. The van der Waals surface area contributed by atoms with E-state index in [2.05, 4.69) is 20.0 Å². The lowest BCUT2D eigenvalue weighted by molar-refractivity contribution is -0.186. The highest BCUT2D eigenvalue weighted by molar-refractivity contribution is 6.32. The van der Waals surface area contributed by atoms with E-state index in [0.717, 1.165) is 10.5 Å². The molecule has 1 saturated carbocycles. The zero-order valence-corrected chi connectivity index (χ0v) is 18.1. The molecular formula is C21H22ClF3N4O3. The first-order valence-electron chi connectivity index (χ1n) is 9.82. The third-order valence-electron chi connectivity index (χ3n) is 5.44. The smallest absolute Gasteiger partial charge is 0.345 e. The Hall–Kier alpha value is -2.72. The van der Waals surface area contributed by atoms with Crippen molar-refractivity contribution >= 4 is 29.1 Å². The maximum atomic E-state index is 14.1. The van der Waals surface area contributed by atoms with Crippen LogP contribution < -0.4 is 10.2 Å². The predicted molar refractivity (Wildman–Crippen MR) is 111 cm³/mol. The molecule has 1 N–H and O–H groups in total. The van der Waals surface area contributed by atoms with Crippen molar-refractivity contribution in [2.75, 3.05) is 4.90 Å². The molecule has 2 atom stereocenters. The van der Waals surface area contributed by atoms with Crippen LogP contribution in [0.2, 0.25) is 0 Å². The summed E-state index contributed by atoms with van der Waals surface area (Å²) in [6.07, 6.45) is 3.60. The normalized spacial score (nSPS) is 20.7. The van der Waals surface area contributed by atoms with Crippen molar-refractivity contribution in [1.29, 1.82) is 0 Å². The number of anilines is 1. The molecule has 7 nitrogen and oxygen atoms in total. The number of rotatable bonds is 8. The van der Waals surface area contributed by atoms with Gasteiger partial charge in [-0.1, -0.05) is 29.3 Å². The molecule has 0 bridgehead atoms. The molecule has 0 unspecified atom stereocenters. The van der Waals surface area contributed by atoms with Crippen molar-refractivity contribution in [2.24, 2.45) is 0 Å². The van der Waals surface area contributed by atoms with Gasteiger partial charge in [-0.2, -0.15) is 8.78 Å². The number of ether oxygens (including phenoxy) is 1. The quantitative estimate of drug-likeness (QED) is 0.597. The van der Waals surface area contributed by atoms with E-state index < -0.39 is 41.7 Å². The van der Waals surface area contributed by atoms with E-state index in [4.69, 9.17) is 11.6 Å². The summed E-state index contributed by atoms with van der Waals surface area (Å²) >= 11 is 5.51. The molecule has 1 aliphatic rings. The molecule has 1 aromatic heterocycles. The first-order chi connectivity index (χ1) is 15.1. The second-order valence-electron chi connectivity index (χ2n) is 7.67. The van der Waals surface area contributed by atoms with Crippen molar-refractivity contribution in [3.8, 4) is 0 Å². The predicted octanol–water partition coefficient (Wildman–Crippen LogP) is 3.45. The molecule has 1 fully saturated rings. The largest absolute Gasteiger partial charge is 0.351 e. The molecular weight excluding hydrogens is 449 g/mol. The van der Waals surface area contributed by atoms with E-state index in [1.807, 2.05) is 6.92 Å². The van der Waals surface area contributed by atoms with Crippen LogP contribution in [0.4, 0.5) is 18.9 Å². The second-order valence-corrected chi connectivity index (χ2v) is 8.05. The van der Waals surface area contributed by atoms with Crippen LogP contribution >= 0.6 is 11.6 Å². The zero-order chi connectivity index (χ0) is 23.5. The van der Waals surface area contributed by atoms with Gasteiger partial charge in [-0.25, -0.2) is 14.4 Å². The summed E-state index contributed by atoms with van der Waals surface area (Å²) in [4.78, 5) is 35.2. The fraction of sp³-hybridized carbons (Fsp3) is 0.429. The monoisotopic (exact) mass is 470 g/mol. The summed E-state index contributed by atoms with van der Waals surface area (Å²) in [6, 6.07) is 6.09. The molecule has 32 heavy (non-hydrogen) atoms. The van der Waals surface area contributed by atoms with Crippen LogP contribution in [0.25, 0.3) is 0 Å². The van der Waals surface area contributed by atoms with Gasteiger partial charge < -0.3 is 10.1 Å². The molecule has 0 radical (unpaired) electrons. The first kappa shape index (κ1) is 23.9. The molecule has 11 heteroatoms. The number of carbonyl (C=O) groups excluding carboxylic acids is 2. The summed E-state index contributed by atoms with van der Waals surface area (Å²) in [6.45, 7) is 0.355. The van der Waals surface area contributed by atoms with Crippen molar-refractivity contribution in [2.45, 2.75) is 56.6 Å². The maximum absolute atomic E-state index is 14.1. The number of alkyl halides is 4. The van der Waals surface area contributed by atoms with Gasteiger partial charge in [-0.15, -0.1) is 0 Å². The van der Waals surface area contributed by atoms with Crippen LogP contribution in [0.5, 0.6) is 0 Å². The minimum absolute atomic E-state index is 0.178. The Bertz CT molecular complexity index is 943. The van der Waals surface area contributed by atoms with Crippen LogP contribution in [0.15, 0.2) is 43.0 Å². The van der Waals surface area contributed by atoms with Crippen LogP contribution in [-0.2, 0) is 19.9 Å². The highest BCUT2D eigenvalue weighted by Gasteiger charge is 2.48. The van der Waals surface area contributed by atoms with E-state index in [-0.39, 0.29) is 24.1 Å². The molecule has 0 saturated heterocycles. The summed E-state index contributed by atoms with van der Waals surface area (Å²) in [5.74, 6) is -1.82. The lowest BCUT2D eigenvalue weighted by Crippen LogP contribution is -2.61. The number of benzene rings is 1. The Labute approximate surface area is 187 Å². The van der Waals surface area contributed by atoms with Gasteiger partial charge in [0.25, 0.3) is 17.4 Å². The van der Waals surface area contributed by atoms with E-state index in [1.165, 1.54) is 25.6 Å². The third kappa shape index (κ3) is 5.02. The van der Waals surface area contributed by atoms with Gasteiger partial charge in [0.1, 0.15) is 6.33 Å². The fourth-order valence-electron chi connectivity index (χ4n) is 3.58. The number of nitrogens with one attached hydrogen (secondary N) is 1. The number of hydrogen-bond donors (Lipinski definition) is 1. The average Bonchev–Trinajstić information content (AvgIpc) is 2.73. The van der Waals surface area contributed by atoms with Gasteiger partial charge in [-0.05, 0) is 38.8 Å². The maximum Gasteiger partial charge on any atom is 0.345 e. The number of aryl methyl sites for hydroxylation is 1. The highest BCUT2D eigenvalue weighted by atomic mass is 35.5. The van der Waals surface area contributed by atoms with E-state index >= 15 is 0 Å². The SMILES string of the molecule is Cc1ccc(N(C(=O)[C@H](F)Cl)[C@@](C)(C(=O)NC2CC(OC(F)F)C2)c2cncnc2)cc1. The Kier molecular flexibility index (Phi) is 7.35. The summed E-state index contributed by atoms with van der Waals surface area (Å²) in [7, 11) is 0. The van der Waals surface area contributed by atoms with Gasteiger partial charge in [0.15, 0.2) is 5.54 Å². The minimum Gasteiger partial charge on any atom is -0.351 e. The van der Waals surface area contributed by atoms with Crippen molar-refractivity contribution in [3.05, 3.63) is 54.1 Å². The first-order valence-corrected chi connectivity index (χ1v) is 10.3. The number of carbonyl (C=O) groups is 2. The van der Waals surface area contributed by atoms with Crippen molar-refractivity contribution in [1.82, 2.24) is 15.3 Å². The number of aromatic nitrogens is 2. The third-order valence-corrected chi connectivity index (χ3v) is 5.62. The van der Waals surface area contributed by atoms with E-state index in [1.54, 1.807) is 24.3 Å². The topological polar surface area (TPSA) is 84.4 Å². The van der Waals surface area contributed by atoms with E-state index in [0.29, 0.717) is 0 Å². The van der Waals surface area contributed by atoms with Gasteiger partial charge >= 0.3 is 6.61 Å². The highest BCUT2D eigenvalue weighted by Crippen LogP contribution is 2.36. The van der Waals surface area contributed by atoms with Crippen LogP contribution in [0.3, 0.4) is 0 Å². The lowest BCUT2D eigenvalue weighted by Gasteiger charge is -2.43. The number of halogens is 4. The Balaban J connectivity index is 1.98. The molecule has 3 rings (SSSR count). The Morgan fingerprint density at radius 3 is 2.31 bits per heavy atom. The average molecular weight is 471 g/mol. The van der Waals surface area contributed by atoms with Crippen molar-refractivity contribution < 1.29 is 27.5 Å². The van der Waals surface area contributed by atoms with Gasteiger partial charge in [0.05, 0.1) is 6.10 Å². The standard InChI is InChI=1S/C21H22ClF3N4O3/c1-12-3-5-15(6-4-12)29(18(30)17(22)23)21(2,13-9-26-11-27-10-13)19(31)28-14-7-16(8-14)32-20(24)25/h3-6,9-11,14,16-17,20H,7-8H2,1-2H3,(H,28,31)/t14?,16?,17-,21+/m0/s1. The lowest BCUT2D eigenvalue weighted by atomic mass is 9.85. The van der Waals surface area contributed by atoms with Gasteiger partial charge in [0.2, 0.25) is 0 Å². The molecule has 1 heterocycles. The second kappa shape index (κ2) is 9.83. The molecule has 2 aromatic rings. The Morgan fingerprint density at radius 1 is 1.19 bits per heavy atom. The molecule has 1 aliphatic carbocycles. The van der Waals surface area contributed by atoms with Crippen LogP contribution in [0, 0.1) is 6.92 Å². The molecule has 0 spiro atoms.